The number of pyridine rings is 1. The second-order valence-electron chi connectivity index (χ2n) is 7.63. The van der Waals surface area contributed by atoms with E-state index in [4.69, 9.17) is 4.74 Å². The number of amides is 1. The third-order valence-electron chi connectivity index (χ3n) is 3.91. The van der Waals surface area contributed by atoms with Crippen LogP contribution in [0.1, 0.15) is 46.2 Å². The lowest BCUT2D eigenvalue weighted by Crippen LogP contribution is -2.32. The zero-order chi connectivity index (χ0) is 19.6. The average Bonchev–Trinajstić information content (AvgIpc) is 3.02. The molecule has 6 heteroatoms. The van der Waals surface area contributed by atoms with Gasteiger partial charge in [0.2, 0.25) is 0 Å². The zero-order valence-corrected chi connectivity index (χ0v) is 16.3. The molecule has 1 N–H and O–H groups in total. The predicted molar refractivity (Wildman–Crippen MR) is 107 cm³/mol. The molecule has 0 saturated heterocycles. The maximum atomic E-state index is 11.6. The van der Waals surface area contributed by atoms with Crippen LogP contribution in [0.4, 0.5) is 4.79 Å². The Morgan fingerprint density at radius 1 is 1.26 bits per heavy atom. The first kappa shape index (κ1) is 18.7. The molecule has 0 bridgehead atoms. The fourth-order valence-corrected chi connectivity index (χ4v) is 2.76. The third kappa shape index (κ3) is 4.37. The van der Waals surface area contributed by atoms with Crippen LogP contribution in [0, 0.1) is 11.8 Å². The standard InChI is InChI=1S/C21H24N4O2/c1-14(2)25-13-24-18-12-23-17-9-8-15(11-16(17)19(18)25)7-6-10-22-20(26)27-21(3,4)5/h8-9,11-14H,10H2,1-5H3,(H,22,26). The number of benzene rings is 1. The monoisotopic (exact) mass is 364 g/mol. The van der Waals surface area contributed by atoms with Gasteiger partial charge >= 0.3 is 6.09 Å². The van der Waals surface area contributed by atoms with E-state index in [1.807, 2.05) is 45.3 Å². The topological polar surface area (TPSA) is 69.0 Å². The highest BCUT2D eigenvalue weighted by molar-refractivity contribution is 6.02. The molecule has 27 heavy (non-hydrogen) atoms. The van der Waals surface area contributed by atoms with Crippen molar-refractivity contribution in [2.24, 2.45) is 0 Å². The number of nitrogens with zero attached hydrogens (tertiary/aromatic N) is 3. The first-order valence-corrected chi connectivity index (χ1v) is 8.95. The van der Waals surface area contributed by atoms with Gasteiger partial charge < -0.3 is 14.6 Å². The molecule has 3 aromatic rings. The van der Waals surface area contributed by atoms with Gasteiger partial charge in [-0.2, -0.15) is 0 Å². The van der Waals surface area contributed by atoms with Crippen molar-refractivity contribution in [3.05, 3.63) is 36.3 Å². The van der Waals surface area contributed by atoms with E-state index in [-0.39, 0.29) is 6.54 Å². The fraction of sp³-hybridized carbons (Fsp3) is 0.381. The van der Waals surface area contributed by atoms with Gasteiger partial charge in [-0.05, 0) is 52.8 Å². The Hall–Kier alpha value is -3.07. The van der Waals surface area contributed by atoms with Gasteiger partial charge in [0.05, 0.1) is 30.1 Å². The van der Waals surface area contributed by atoms with Crippen LogP contribution in [0.2, 0.25) is 0 Å². The zero-order valence-electron chi connectivity index (χ0n) is 16.3. The van der Waals surface area contributed by atoms with Gasteiger partial charge in [0, 0.05) is 17.0 Å². The van der Waals surface area contributed by atoms with Crippen LogP contribution in [0.3, 0.4) is 0 Å². The Labute approximate surface area is 158 Å². The molecule has 0 spiro atoms. The van der Waals surface area contributed by atoms with Gasteiger partial charge in [-0.25, -0.2) is 9.78 Å². The molecule has 0 aliphatic heterocycles. The van der Waals surface area contributed by atoms with Crippen molar-refractivity contribution in [2.45, 2.75) is 46.3 Å². The summed E-state index contributed by atoms with van der Waals surface area (Å²) in [5.41, 5.74) is 3.17. The molecule has 0 atom stereocenters. The van der Waals surface area contributed by atoms with Crippen LogP contribution in [0.25, 0.3) is 21.9 Å². The van der Waals surface area contributed by atoms with Crippen LogP contribution < -0.4 is 5.32 Å². The van der Waals surface area contributed by atoms with E-state index >= 15 is 0 Å². The van der Waals surface area contributed by atoms with Crippen LogP contribution in [0.15, 0.2) is 30.7 Å². The molecule has 0 aliphatic rings. The first-order valence-electron chi connectivity index (χ1n) is 8.95. The molecule has 1 amide bonds. The summed E-state index contributed by atoms with van der Waals surface area (Å²) < 4.78 is 7.33. The minimum Gasteiger partial charge on any atom is -0.444 e. The molecule has 0 fully saturated rings. The number of fused-ring (bicyclic) bond motifs is 3. The van der Waals surface area contributed by atoms with Crippen molar-refractivity contribution in [1.82, 2.24) is 19.9 Å². The lowest BCUT2D eigenvalue weighted by atomic mass is 10.1. The smallest absolute Gasteiger partial charge is 0.408 e. The van der Waals surface area contributed by atoms with E-state index in [0.717, 1.165) is 27.5 Å². The molecule has 140 valence electrons. The summed E-state index contributed by atoms with van der Waals surface area (Å²) in [6.07, 6.45) is 3.17. The van der Waals surface area contributed by atoms with Crippen LogP contribution >= 0.6 is 0 Å². The lowest BCUT2D eigenvalue weighted by molar-refractivity contribution is 0.0535. The Morgan fingerprint density at radius 3 is 2.74 bits per heavy atom. The van der Waals surface area contributed by atoms with Gasteiger partial charge in [-0.15, -0.1) is 0 Å². The van der Waals surface area contributed by atoms with Crippen molar-refractivity contribution in [2.75, 3.05) is 6.54 Å². The van der Waals surface area contributed by atoms with Crippen LogP contribution in [-0.2, 0) is 4.74 Å². The number of nitrogens with one attached hydrogen (secondary N) is 1. The molecule has 0 aliphatic carbocycles. The second-order valence-corrected chi connectivity index (χ2v) is 7.63. The number of imidazole rings is 1. The summed E-state index contributed by atoms with van der Waals surface area (Å²) >= 11 is 0. The van der Waals surface area contributed by atoms with E-state index in [1.54, 1.807) is 6.20 Å². The molecule has 2 heterocycles. The quantitative estimate of drug-likeness (QED) is 0.697. The highest BCUT2D eigenvalue weighted by atomic mass is 16.6. The number of rotatable bonds is 2. The Balaban J connectivity index is 1.84. The third-order valence-corrected chi connectivity index (χ3v) is 3.91. The molecule has 0 radical (unpaired) electrons. The molecule has 6 nitrogen and oxygen atoms in total. The highest BCUT2D eigenvalue weighted by Gasteiger charge is 2.15. The Morgan fingerprint density at radius 2 is 2.04 bits per heavy atom. The number of alkyl carbamates (subject to hydrolysis) is 1. The van der Waals surface area contributed by atoms with Gasteiger partial charge in [-0.3, -0.25) is 4.98 Å². The van der Waals surface area contributed by atoms with E-state index in [9.17, 15) is 4.79 Å². The van der Waals surface area contributed by atoms with Gasteiger partial charge in [-0.1, -0.05) is 11.8 Å². The van der Waals surface area contributed by atoms with Crippen LogP contribution in [0.5, 0.6) is 0 Å². The summed E-state index contributed by atoms with van der Waals surface area (Å²) in [5, 5.41) is 3.65. The summed E-state index contributed by atoms with van der Waals surface area (Å²) in [4.78, 5) is 20.6. The van der Waals surface area contributed by atoms with E-state index in [1.165, 1.54) is 0 Å². The number of aromatic nitrogens is 3. The Bertz CT molecular complexity index is 1050. The van der Waals surface area contributed by atoms with E-state index in [0.29, 0.717) is 6.04 Å². The molecule has 3 rings (SSSR count). The normalized spacial score (nSPS) is 11.5. The number of carbonyl (C=O) groups is 1. The van der Waals surface area contributed by atoms with E-state index in [2.05, 4.69) is 45.5 Å². The van der Waals surface area contributed by atoms with Crippen molar-refractivity contribution in [1.29, 1.82) is 0 Å². The molecule has 2 aromatic heterocycles. The summed E-state index contributed by atoms with van der Waals surface area (Å²) in [6, 6.07) is 6.20. The van der Waals surface area contributed by atoms with Crippen molar-refractivity contribution in [3.8, 4) is 11.8 Å². The minimum atomic E-state index is -0.520. The van der Waals surface area contributed by atoms with Crippen molar-refractivity contribution >= 4 is 28.0 Å². The predicted octanol–water partition coefficient (Wildman–Crippen LogP) is 4.04. The van der Waals surface area contributed by atoms with Crippen LogP contribution in [-0.4, -0.2) is 32.8 Å². The van der Waals surface area contributed by atoms with E-state index < -0.39 is 11.7 Å². The average molecular weight is 364 g/mol. The number of hydrogen-bond donors (Lipinski definition) is 1. The van der Waals surface area contributed by atoms with Crippen molar-refractivity contribution < 1.29 is 9.53 Å². The van der Waals surface area contributed by atoms with Crippen molar-refractivity contribution in [3.63, 3.8) is 0 Å². The molecule has 0 saturated carbocycles. The SMILES string of the molecule is CC(C)n1cnc2cnc3ccc(C#CCNC(=O)OC(C)(C)C)cc3c21. The lowest BCUT2D eigenvalue weighted by Gasteiger charge is -2.18. The summed E-state index contributed by atoms with van der Waals surface area (Å²) in [5.74, 6) is 6.04. The number of carbonyl (C=O) groups excluding carboxylic acids is 1. The first-order chi connectivity index (χ1) is 12.7. The largest absolute Gasteiger partial charge is 0.444 e. The highest BCUT2D eigenvalue weighted by Crippen LogP contribution is 2.26. The maximum absolute atomic E-state index is 11.6. The summed E-state index contributed by atoms with van der Waals surface area (Å²) in [6.45, 7) is 9.94. The number of hydrogen-bond acceptors (Lipinski definition) is 4. The number of ether oxygens (including phenoxy) is 1. The van der Waals surface area contributed by atoms with Gasteiger partial charge in [0.15, 0.2) is 0 Å². The summed E-state index contributed by atoms with van der Waals surface area (Å²) in [7, 11) is 0. The fourth-order valence-electron chi connectivity index (χ4n) is 2.76. The maximum Gasteiger partial charge on any atom is 0.408 e. The van der Waals surface area contributed by atoms with Gasteiger partial charge in [0.25, 0.3) is 0 Å². The molecule has 0 unspecified atom stereocenters. The second kappa shape index (κ2) is 7.28. The minimum absolute atomic E-state index is 0.222. The Kier molecular flexibility index (Phi) is 5.04. The van der Waals surface area contributed by atoms with Gasteiger partial charge in [0.1, 0.15) is 11.1 Å². The molecular weight excluding hydrogens is 340 g/mol. The molecular formula is C21H24N4O2. The molecule has 1 aromatic carbocycles.